The first-order valence-electron chi connectivity index (χ1n) is 10.8. The van der Waals surface area contributed by atoms with E-state index >= 15 is 0 Å². The molecule has 2 aliphatic rings. The minimum atomic E-state index is -4.04. The number of fused-ring (bicyclic) bond motifs is 3. The Morgan fingerprint density at radius 3 is 2.39 bits per heavy atom. The van der Waals surface area contributed by atoms with Crippen LogP contribution in [-0.2, 0) is 10.6 Å². The highest BCUT2D eigenvalue weighted by atomic mass is 127. The van der Waals surface area contributed by atoms with Gasteiger partial charge in [-0.3, -0.25) is 4.90 Å². The fourth-order valence-corrected chi connectivity index (χ4v) is 5.73. The molecule has 33 heavy (non-hydrogen) atoms. The average Bonchev–Trinajstić information content (AvgIpc) is 2.72. The molecule has 2 unspecified atom stereocenters. The van der Waals surface area contributed by atoms with E-state index in [1.807, 2.05) is 0 Å². The van der Waals surface area contributed by atoms with Crippen molar-refractivity contribution < 1.29 is 44.3 Å². The van der Waals surface area contributed by atoms with Gasteiger partial charge in [0.1, 0.15) is 0 Å². The van der Waals surface area contributed by atoms with Gasteiger partial charge < -0.3 is 40.1 Å². The summed E-state index contributed by atoms with van der Waals surface area (Å²) in [4.78, 5) is 2.47. The Morgan fingerprint density at radius 1 is 1.09 bits per heavy atom. The number of hydrogen-bond acceptors (Lipinski definition) is 11. The first kappa shape index (κ1) is 27.2. The minimum Gasteiger partial charge on any atom is -0.493 e. The fraction of sp³-hybridized carbons (Fsp3) is 0.714. The molecule has 1 aromatic carbocycles. The van der Waals surface area contributed by atoms with Gasteiger partial charge in [-0.05, 0) is 60.8 Å². The number of rotatable bonds is 9. The van der Waals surface area contributed by atoms with Crippen molar-refractivity contribution in [1.29, 1.82) is 0 Å². The quantitative estimate of drug-likeness (QED) is 0.138. The van der Waals surface area contributed by atoms with E-state index in [2.05, 4.69) is 22.9 Å². The number of piperidine rings is 1. The molecule has 2 atom stereocenters. The fourth-order valence-electron chi connectivity index (χ4n) is 4.77. The van der Waals surface area contributed by atoms with Gasteiger partial charge in [-0.15, -0.1) is 0 Å². The highest BCUT2D eigenvalue weighted by molar-refractivity contribution is 14.2. The van der Waals surface area contributed by atoms with Gasteiger partial charge in [-0.25, -0.2) is 4.18 Å². The molecule has 10 nitrogen and oxygen atoms in total. The van der Waals surface area contributed by atoms with Crippen molar-refractivity contribution in [2.75, 3.05) is 20.2 Å². The second-order valence-corrected chi connectivity index (χ2v) is 10.5. The lowest BCUT2D eigenvalue weighted by Crippen LogP contribution is -2.70. The molecule has 1 aromatic rings. The summed E-state index contributed by atoms with van der Waals surface area (Å²) in [5, 5.41) is 60.1. The SMILES string of the molecule is COc1cc2c(cc1OC(O)(O)C(O)(O)C(O)(O)OSI)CCN1CC(CC(C)C)CCC21. The Bertz CT molecular complexity index is 836. The molecule has 0 aliphatic carbocycles. The molecular formula is C21H32INO9S. The second-order valence-electron chi connectivity index (χ2n) is 9.17. The average molecular weight is 601 g/mol. The summed E-state index contributed by atoms with van der Waals surface area (Å²) in [6.45, 7) is 6.34. The summed E-state index contributed by atoms with van der Waals surface area (Å²) >= 11 is 1.49. The van der Waals surface area contributed by atoms with E-state index in [4.69, 9.17) is 9.47 Å². The molecule has 12 heteroatoms. The van der Waals surface area contributed by atoms with Crippen LogP contribution in [0, 0.1) is 11.8 Å². The maximum Gasteiger partial charge on any atom is 0.388 e. The molecule has 0 aromatic heterocycles. The molecule has 1 fully saturated rings. The molecule has 0 spiro atoms. The van der Waals surface area contributed by atoms with Crippen LogP contribution in [0.1, 0.15) is 50.3 Å². The van der Waals surface area contributed by atoms with Gasteiger partial charge in [-0.2, -0.15) is 0 Å². The number of nitrogens with zero attached hydrogens (tertiary/aromatic N) is 1. The van der Waals surface area contributed by atoms with Crippen LogP contribution in [0.25, 0.3) is 0 Å². The summed E-state index contributed by atoms with van der Waals surface area (Å²) in [6, 6.07) is 3.51. The van der Waals surface area contributed by atoms with E-state index in [9.17, 15) is 30.6 Å². The molecule has 0 bridgehead atoms. The third-order valence-corrected chi connectivity index (χ3v) is 7.18. The molecule has 2 aliphatic heterocycles. The summed E-state index contributed by atoms with van der Waals surface area (Å²) in [5.74, 6) is -10.4. The zero-order valence-electron chi connectivity index (χ0n) is 18.8. The Balaban J connectivity index is 1.86. The molecular weight excluding hydrogens is 569 g/mol. The van der Waals surface area contributed by atoms with Crippen LogP contribution in [-0.4, -0.2) is 73.5 Å². The highest BCUT2D eigenvalue weighted by Crippen LogP contribution is 2.45. The van der Waals surface area contributed by atoms with E-state index in [1.165, 1.54) is 34.7 Å². The Kier molecular flexibility index (Phi) is 8.47. The Hall–Kier alpha value is -0.420. The van der Waals surface area contributed by atoms with Crippen LogP contribution in [0.15, 0.2) is 12.1 Å². The van der Waals surface area contributed by atoms with Crippen molar-refractivity contribution in [3.05, 3.63) is 23.3 Å². The van der Waals surface area contributed by atoms with Gasteiger partial charge >= 0.3 is 17.7 Å². The van der Waals surface area contributed by atoms with Crippen LogP contribution in [0.3, 0.4) is 0 Å². The first-order chi connectivity index (χ1) is 15.3. The monoisotopic (exact) mass is 601 g/mol. The van der Waals surface area contributed by atoms with E-state index in [-0.39, 0.29) is 17.5 Å². The minimum absolute atomic E-state index is 0.133. The van der Waals surface area contributed by atoms with Gasteiger partial charge in [0.25, 0.3) is 0 Å². The molecule has 3 rings (SSSR count). The lowest BCUT2D eigenvalue weighted by Gasteiger charge is -2.44. The number of methoxy groups -OCH3 is 1. The van der Waals surface area contributed by atoms with Crippen LogP contribution in [0.5, 0.6) is 11.5 Å². The Morgan fingerprint density at radius 2 is 1.79 bits per heavy atom. The molecule has 0 saturated carbocycles. The Labute approximate surface area is 209 Å². The summed E-state index contributed by atoms with van der Waals surface area (Å²) < 4.78 is 14.7. The zero-order valence-corrected chi connectivity index (χ0v) is 21.7. The number of halogens is 1. The second kappa shape index (κ2) is 10.3. The zero-order chi connectivity index (χ0) is 24.6. The van der Waals surface area contributed by atoms with Crippen molar-refractivity contribution in [3.63, 3.8) is 0 Å². The third-order valence-electron chi connectivity index (χ3n) is 6.35. The highest BCUT2D eigenvalue weighted by Gasteiger charge is 2.66. The van der Waals surface area contributed by atoms with Crippen LogP contribution >= 0.6 is 30.4 Å². The summed E-state index contributed by atoms with van der Waals surface area (Å²) in [5.41, 5.74) is 1.96. The smallest absolute Gasteiger partial charge is 0.388 e. The number of aliphatic hydroxyl groups is 6. The molecule has 0 radical (unpaired) electrons. The van der Waals surface area contributed by atoms with Gasteiger partial charge in [0.15, 0.2) is 11.5 Å². The summed E-state index contributed by atoms with van der Waals surface area (Å²) in [6.07, 6.45) is 4.00. The van der Waals surface area contributed by atoms with Crippen LogP contribution in [0.4, 0.5) is 0 Å². The first-order valence-corrected chi connectivity index (χ1v) is 14.1. The topological polar surface area (TPSA) is 152 Å². The van der Waals surface area contributed by atoms with E-state index < -0.39 is 17.7 Å². The van der Waals surface area contributed by atoms with Crippen LogP contribution < -0.4 is 9.47 Å². The lowest BCUT2D eigenvalue weighted by molar-refractivity contribution is -0.532. The standard InChI is InChI=1S/C21H32INO9S/c1-12(2)8-13-4-5-16-15-10-17(30-3)18(9-14(15)6-7-23(16)11-13)31-20(26,27)19(24,25)21(28,29)32-33-22/h9-10,12-13,16,24-29H,4-8,11H2,1-3H3. The predicted molar refractivity (Wildman–Crippen MR) is 128 cm³/mol. The number of hydrogen-bond donors (Lipinski definition) is 6. The van der Waals surface area contributed by atoms with E-state index in [0.717, 1.165) is 37.1 Å². The molecule has 6 N–H and O–H groups in total. The summed E-state index contributed by atoms with van der Waals surface area (Å²) in [7, 11) is 1.71. The van der Waals surface area contributed by atoms with E-state index in [0.29, 0.717) is 27.5 Å². The lowest BCUT2D eigenvalue weighted by atomic mass is 9.81. The van der Waals surface area contributed by atoms with Gasteiger partial charge in [0.2, 0.25) is 0 Å². The maximum atomic E-state index is 10.2. The maximum absolute atomic E-state index is 10.2. The molecule has 0 amide bonds. The molecule has 1 saturated heterocycles. The van der Waals surface area contributed by atoms with Crippen molar-refractivity contribution in [1.82, 2.24) is 4.90 Å². The van der Waals surface area contributed by atoms with Gasteiger partial charge in [0.05, 0.1) is 16.3 Å². The van der Waals surface area contributed by atoms with Gasteiger partial charge in [-0.1, -0.05) is 13.8 Å². The van der Waals surface area contributed by atoms with Crippen LogP contribution in [0.2, 0.25) is 0 Å². The number of ether oxygens (including phenoxy) is 2. The molecule has 2 heterocycles. The third kappa shape index (κ3) is 5.55. The van der Waals surface area contributed by atoms with Crippen molar-refractivity contribution >= 4 is 30.4 Å². The predicted octanol–water partition coefficient (Wildman–Crippen LogP) is 1.40. The van der Waals surface area contributed by atoms with E-state index in [1.54, 1.807) is 12.1 Å². The van der Waals surface area contributed by atoms with Gasteiger partial charge in [0, 0.05) is 40.3 Å². The number of benzene rings is 1. The van der Waals surface area contributed by atoms with Crippen molar-refractivity contribution in [2.45, 2.75) is 63.3 Å². The molecule has 188 valence electrons. The van der Waals surface area contributed by atoms with Crippen molar-refractivity contribution in [3.8, 4) is 11.5 Å². The normalized spacial score (nSPS) is 22.2. The van der Waals surface area contributed by atoms with Crippen molar-refractivity contribution in [2.24, 2.45) is 11.8 Å². The largest absolute Gasteiger partial charge is 0.493 e.